The van der Waals surface area contributed by atoms with Gasteiger partial charge < -0.3 is 10.1 Å². The van der Waals surface area contributed by atoms with Gasteiger partial charge in [0.25, 0.3) is 0 Å². The maximum absolute atomic E-state index is 12.2. The van der Waals surface area contributed by atoms with Crippen molar-refractivity contribution < 1.29 is 9.53 Å². The van der Waals surface area contributed by atoms with Crippen molar-refractivity contribution in [3.63, 3.8) is 0 Å². The molecule has 0 saturated carbocycles. The third kappa shape index (κ3) is 5.44. The molecule has 122 valence electrons. The zero-order valence-corrected chi connectivity index (χ0v) is 14.6. The summed E-state index contributed by atoms with van der Waals surface area (Å²) in [6.45, 7) is 10.1. The predicted octanol–water partition coefficient (Wildman–Crippen LogP) is 4.66. The van der Waals surface area contributed by atoms with Gasteiger partial charge in [-0.25, -0.2) is 0 Å². The molecule has 1 N–H and O–H groups in total. The number of aryl methyl sites for hydroxylation is 2. The number of ether oxygens (including phenoxy) is 1. The van der Waals surface area contributed by atoms with Gasteiger partial charge in [-0.1, -0.05) is 29.8 Å². The molecule has 0 saturated heterocycles. The van der Waals surface area contributed by atoms with Gasteiger partial charge in [0.1, 0.15) is 11.4 Å². The highest BCUT2D eigenvalue weighted by Gasteiger charge is 2.12. The molecule has 3 heteroatoms. The molecule has 0 unspecified atom stereocenters. The minimum absolute atomic E-state index is 0.0126. The van der Waals surface area contributed by atoms with Crippen LogP contribution in [0.15, 0.2) is 42.5 Å². The summed E-state index contributed by atoms with van der Waals surface area (Å²) >= 11 is 0. The maximum atomic E-state index is 12.2. The second-order valence-electron chi connectivity index (χ2n) is 6.90. The van der Waals surface area contributed by atoms with E-state index in [1.807, 2.05) is 71.0 Å². The first-order chi connectivity index (χ1) is 10.7. The lowest BCUT2D eigenvalue weighted by molar-refractivity contribution is -0.115. The fraction of sp³-hybridized carbons (Fsp3) is 0.350. The van der Waals surface area contributed by atoms with Crippen LogP contribution in [0.25, 0.3) is 0 Å². The molecule has 2 rings (SSSR count). The van der Waals surface area contributed by atoms with E-state index in [-0.39, 0.29) is 11.5 Å². The van der Waals surface area contributed by atoms with Crippen LogP contribution >= 0.6 is 0 Å². The Bertz CT molecular complexity index is 682. The van der Waals surface area contributed by atoms with E-state index in [0.717, 1.165) is 22.6 Å². The average Bonchev–Trinajstić information content (AvgIpc) is 2.42. The molecule has 0 bridgehead atoms. The van der Waals surface area contributed by atoms with E-state index >= 15 is 0 Å². The van der Waals surface area contributed by atoms with E-state index < -0.39 is 0 Å². The molecule has 0 aromatic heterocycles. The predicted molar refractivity (Wildman–Crippen MR) is 95.1 cm³/mol. The SMILES string of the molecule is Cc1ccc(NC(=O)Cc2ccc(OC(C)(C)C)cc2)c(C)c1. The van der Waals surface area contributed by atoms with E-state index in [0.29, 0.717) is 6.42 Å². The highest BCUT2D eigenvalue weighted by atomic mass is 16.5. The van der Waals surface area contributed by atoms with Gasteiger partial charge >= 0.3 is 0 Å². The molecule has 0 spiro atoms. The van der Waals surface area contributed by atoms with Crippen molar-refractivity contribution in [2.75, 3.05) is 5.32 Å². The molecule has 23 heavy (non-hydrogen) atoms. The van der Waals surface area contributed by atoms with Crippen LogP contribution in [0.2, 0.25) is 0 Å². The Hall–Kier alpha value is -2.29. The fourth-order valence-electron chi connectivity index (χ4n) is 2.36. The smallest absolute Gasteiger partial charge is 0.228 e. The van der Waals surface area contributed by atoms with Crippen LogP contribution in [-0.2, 0) is 11.2 Å². The van der Waals surface area contributed by atoms with E-state index in [9.17, 15) is 4.79 Å². The van der Waals surface area contributed by atoms with Crippen LogP contribution in [0.3, 0.4) is 0 Å². The zero-order valence-electron chi connectivity index (χ0n) is 14.6. The standard InChI is InChI=1S/C20H25NO2/c1-14-6-11-18(15(2)12-14)21-19(22)13-16-7-9-17(10-8-16)23-20(3,4)5/h6-12H,13H2,1-5H3,(H,21,22). The topological polar surface area (TPSA) is 38.3 Å². The number of amides is 1. The highest BCUT2D eigenvalue weighted by Crippen LogP contribution is 2.20. The van der Waals surface area contributed by atoms with E-state index in [4.69, 9.17) is 4.74 Å². The summed E-state index contributed by atoms with van der Waals surface area (Å²) in [5.41, 5.74) is 3.88. The Kier molecular flexibility index (Phi) is 5.09. The Labute approximate surface area is 138 Å². The Morgan fingerprint density at radius 2 is 1.70 bits per heavy atom. The number of benzene rings is 2. The van der Waals surface area contributed by atoms with Gasteiger partial charge in [0.2, 0.25) is 5.91 Å². The first-order valence-electron chi connectivity index (χ1n) is 7.88. The molecule has 2 aromatic rings. The van der Waals surface area contributed by atoms with Crippen molar-refractivity contribution in [3.05, 3.63) is 59.2 Å². The van der Waals surface area contributed by atoms with Gasteiger partial charge in [-0.2, -0.15) is 0 Å². The van der Waals surface area contributed by atoms with Crippen LogP contribution in [0.5, 0.6) is 5.75 Å². The molecule has 0 heterocycles. The third-order valence-electron chi connectivity index (χ3n) is 3.37. The Morgan fingerprint density at radius 1 is 1.04 bits per heavy atom. The van der Waals surface area contributed by atoms with Crippen molar-refractivity contribution in [2.45, 2.75) is 46.6 Å². The largest absolute Gasteiger partial charge is 0.488 e. The lowest BCUT2D eigenvalue weighted by atomic mass is 10.1. The first-order valence-corrected chi connectivity index (χ1v) is 7.88. The van der Waals surface area contributed by atoms with Crippen LogP contribution < -0.4 is 10.1 Å². The van der Waals surface area contributed by atoms with Crippen molar-refractivity contribution in [3.8, 4) is 5.75 Å². The number of carbonyl (C=O) groups is 1. The van der Waals surface area contributed by atoms with Crippen molar-refractivity contribution in [1.29, 1.82) is 0 Å². The summed E-state index contributed by atoms with van der Waals surface area (Å²) in [5, 5.41) is 2.97. The third-order valence-corrected chi connectivity index (χ3v) is 3.37. The van der Waals surface area contributed by atoms with Gasteiger partial charge in [0.05, 0.1) is 6.42 Å². The number of nitrogens with one attached hydrogen (secondary N) is 1. The van der Waals surface area contributed by atoms with Crippen molar-refractivity contribution >= 4 is 11.6 Å². The molecule has 0 aliphatic rings. The lowest BCUT2D eigenvalue weighted by Crippen LogP contribution is -2.22. The first kappa shape index (κ1) is 17.1. The van der Waals surface area contributed by atoms with Gasteiger partial charge in [0.15, 0.2) is 0 Å². The van der Waals surface area contributed by atoms with Gasteiger partial charge in [0, 0.05) is 5.69 Å². The monoisotopic (exact) mass is 311 g/mol. The molecular weight excluding hydrogens is 286 g/mol. The summed E-state index contributed by atoms with van der Waals surface area (Å²) in [4.78, 5) is 12.2. The number of carbonyl (C=O) groups excluding carboxylic acids is 1. The number of hydrogen-bond acceptors (Lipinski definition) is 2. The van der Waals surface area contributed by atoms with E-state index in [1.54, 1.807) is 0 Å². The van der Waals surface area contributed by atoms with Crippen LogP contribution in [0.1, 0.15) is 37.5 Å². The molecular formula is C20H25NO2. The zero-order chi connectivity index (χ0) is 17.0. The summed E-state index contributed by atoms with van der Waals surface area (Å²) in [7, 11) is 0. The molecule has 3 nitrogen and oxygen atoms in total. The van der Waals surface area contributed by atoms with Crippen LogP contribution in [-0.4, -0.2) is 11.5 Å². The molecule has 0 aliphatic heterocycles. The molecule has 0 aliphatic carbocycles. The summed E-state index contributed by atoms with van der Waals surface area (Å²) < 4.78 is 5.78. The second kappa shape index (κ2) is 6.86. The summed E-state index contributed by atoms with van der Waals surface area (Å²) in [6.07, 6.45) is 0.350. The lowest BCUT2D eigenvalue weighted by Gasteiger charge is -2.21. The Morgan fingerprint density at radius 3 is 2.26 bits per heavy atom. The van der Waals surface area contributed by atoms with E-state index in [2.05, 4.69) is 11.4 Å². The normalized spacial score (nSPS) is 11.2. The van der Waals surface area contributed by atoms with Crippen molar-refractivity contribution in [2.24, 2.45) is 0 Å². The molecule has 2 aromatic carbocycles. The Balaban J connectivity index is 1.97. The maximum Gasteiger partial charge on any atom is 0.228 e. The van der Waals surface area contributed by atoms with Gasteiger partial charge in [-0.15, -0.1) is 0 Å². The van der Waals surface area contributed by atoms with Gasteiger partial charge in [-0.05, 0) is 63.9 Å². The quantitative estimate of drug-likeness (QED) is 0.891. The number of hydrogen-bond donors (Lipinski definition) is 1. The minimum Gasteiger partial charge on any atom is -0.488 e. The van der Waals surface area contributed by atoms with Crippen molar-refractivity contribution in [1.82, 2.24) is 0 Å². The highest BCUT2D eigenvalue weighted by molar-refractivity contribution is 5.93. The minimum atomic E-state index is -0.220. The van der Waals surface area contributed by atoms with E-state index in [1.165, 1.54) is 5.56 Å². The fourth-order valence-corrected chi connectivity index (χ4v) is 2.36. The second-order valence-corrected chi connectivity index (χ2v) is 6.90. The number of anilines is 1. The van der Waals surface area contributed by atoms with Gasteiger partial charge in [-0.3, -0.25) is 4.79 Å². The number of rotatable bonds is 4. The van der Waals surface area contributed by atoms with Crippen LogP contribution in [0.4, 0.5) is 5.69 Å². The summed E-state index contributed by atoms with van der Waals surface area (Å²) in [6, 6.07) is 13.7. The molecule has 1 amide bonds. The summed E-state index contributed by atoms with van der Waals surface area (Å²) in [5.74, 6) is 0.803. The molecule has 0 fully saturated rings. The molecule has 0 atom stereocenters. The van der Waals surface area contributed by atoms with Crippen LogP contribution in [0, 0.1) is 13.8 Å². The molecule has 0 radical (unpaired) electrons. The average molecular weight is 311 g/mol.